The van der Waals surface area contributed by atoms with Crippen LogP contribution in [-0.2, 0) is 0 Å². The zero-order chi connectivity index (χ0) is 11.0. The molecule has 0 spiro atoms. The van der Waals surface area contributed by atoms with Crippen LogP contribution in [0.4, 0.5) is 0 Å². The van der Waals surface area contributed by atoms with Crippen molar-refractivity contribution < 1.29 is 0 Å². The molecule has 0 saturated heterocycles. The van der Waals surface area contributed by atoms with Crippen LogP contribution < -0.4 is 0 Å². The molecule has 0 N–H and O–H groups in total. The molecule has 1 saturated carbocycles. The maximum absolute atomic E-state index is 4.45. The summed E-state index contributed by atoms with van der Waals surface area (Å²) in [6.45, 7) is 0. The summed E-state index contributed by atoms with van der Waals surface area (Å²) in [5, 5.41) is 0. The summed E-state index contributed by atoms with van der Waals surface area (Å²) in [7, 11) is 0. The Labute approximate surface area is 102 Å². The fraction of sp³-hybridized carbons (Fsp3) is 0.250. The predicted molar refractivity (Wildman–Crippen MR) is 64.9 cm³/mol. The van der Waals surface area contributed by atoms with Crippen LogP contribution in [-0.4, -0.2) is 15.0 Å². The highest BCUT2D eigenvalue weighted by molar-refractivity contribution is 9.10. The van der Waals surface area contributed by atoms with Crippen LogP contribution in [0.15, 0.2) is 35.3 Å². The number of pyridine rings is 1. The number of halogens is 1. The van der Waals surface area contributed by atoms with Crippen LogP contribution in [0.5, 0.6) is 0 Å². The van der Waals surface area contributed by atoms with Crippen molar-refractivity contribution in [1.29, 1.82) is 0 Å². The third-order valence-electron chi connectivity index (χ3n) is 2.70. The molecule has 0 aromatic carbocycles. The lowest BCUT2D eigenvalue weighted by Crippen LogP contribution is -1.96. The van der Waals surface area contributed by atoms with Gasteiger partial charge in [0.25, 0.3) is 0 Å². The molecule has 0 aliphatic heterocycles. The third-order valence-corrected chi connectivity index (χ3v) is 3.34. The topological polar surface area (TPSA) is 38.7 Å². The molecule has 2 aromatic heterocycles. The van der Waals surface area contributed by atoms with Crippen molar-refractivity contribution in [2.24, 2.45) is 0 Å². The molecule has 4 heteroatoms. The van der Waals surface area contributed by atoms with E-state index in [0.717, 1.165) is 21.6 Å². The molecule has 3 nitrogen and oxygen atoms in total. The first kappa shape index (κ1) is 9.90. The van der Waals surface area contributed by atoms with E-state index in [4.69, 9.17) is 0 Å². The molecule has 3 rings (SSSR count). The average molecular weight is 276 g/mol. The summed E-state index contributed by atoms with van der Waals surface area (Å²) in [4.78, 5) is 13.1. The van der Waals surface area contributed by atoms with Gasteiger partial charge in [0.2, 0.25) is 0 Å². The first-order valence-corrected chi connectivity index (χ1v) is 6.07. The molecule has 1 aliphatic carbocycles. The molecule has 0 atom stereocenters. The lowest BCUT2D eigenvalue weighted by molar-refractivity contribution is 0.992. The SMILES string of the molecule is Brc1ncccc1-c1nccnc1C1CC1. The fourth-order valence-corrected chi connectivity index (χ4v) is 2.21. The predicted octanol–water partition coefficient (Wildman–Crippen LogP) is 3.18. The highest BCUT2D eigenvalue weighted by Gasteiger charge is 2.28. The van der Waals surface area contributed by atoms with Gasteiger partial charge in [-0.3, -0.25) is 9.97 Å². The molecule has 1 aliphatic rings. The number of rotatable bonds is 2. The van der Waals surface area contributed by atoms with Crippen LogP contribution >= 0.6 is 15.9 Å². The quantitative estimate of drug-likeness (QED) is 0.791. The minimum Gasteiger partial charge on any atom is -0.257 e. The lowest BCUT2D eigenvalue weighted by Gasteiger charge is -2.07. The van der Waals surface area contributed by atoms with Gasteiger partial charge in [-0.25, -0.2) is 4.98 Å². The maximum atomic E-state index is 4.45. The van der Waals surface area contributed by atoms with Gasteiger partial charge in [0.05, 0.1) is 11.4 Å². The standard InChI is InChI=1S/C12H10BrN3/c13-12-9(2-1-5-16-12)11-10(8-3-4-8)14-6-7-15-11/h1-2,5-8H,3-4H2. The number of aromatic nitrogens is 3. The first-order valence-electron chi connectivity index (χ1n) is 5.28. The van der Waals surface area contributed by atoms with Crippen molar-refractivity contribution in [3.8, 4) is 11.3 Å². The van der Waals surface area contributed by atoms with Gasteiger partial charge in [0.15, 0.2) is 0 Å². The van der Waals surface area contributed by atoms with E-state index in [9.17, 15) is 0 Å². The molecule has 80 valence electrons. The van der Waals surface area contributed by atoms with Crippen molar-refractivity contribution in [2.45, 2.75) is 18.8 Å². The molecular weight excluding hydrogens is 266 g/mol. The fourth-order valence-electron chi connectivity index (χ4n) is 1.77. The Morgan fingerprint density at radius 2 is 1.88 bits per heavy atom. The van der Waals surface area contributed by atoms with Gasteiger partial charge >= 0.3 is 0 Å². The highest BCUT2D eigenvalue weighted by atomic mass is 79.9. The summed E-state index contributed by atoms with van der Waals surface area (Å²) in [5.41, 5.74) is 3.10. The second-order valence-electron chi connectivity index (χ2n) is 3.91. The lowest BCUT2D eigenvalue weighted by atomic mass is 10.1. The van der Waals surface area contributed by atoms with Crippen molar-refractivity contribution in [1.82, 2.24) is 15.0 Å². The van der Waals surface area contributed by atoms with Gasteiger partial charge in [-0.05, 0) is 40.9 Å². The minimum absolute atomic E-state index is 0.593. The second kappa shape index (κ2) is 3.94. The van der Waals surface area contributed by atoms with E-state index in [1.54, 1.807) is 18.6 Å². The average Bonchev–Trinajstić information content (AvgIpc) is 3.14. The van der Waals surface area contributed by atoms with Crippen molar-refractivity contribution in [2.75, 3.05) is 0 Å². The molecule has 2 aromatic rings. The van der Waals surface area contributed by atoms with Gasteiger partial charge in [-0.1, -0.05) is 0 Å². The molecular formula is C12H10BrN3. The Balaban J connectivity index is 2.15. The normalized spacial score (nSPS) is 15.1. The van der Waals surface area contributed by atoms with Gasteiger partial charge in [-0.2, -0.15) is 0 Å². The van der Waals surface area contributed by atoms with E-state index >= 15 is 0 Å². The summed E-state index contributed by atoms with van der Waals surface area (Å²) >= 11 is 3.46. The molecule has 16 heavy (non-hydrogen) atoms. The first-order chi connectivity index (χ1) is 7.86. The maximum Gasteiger partial charge on any atom is 0.115 e. The van der Waals surface area contributed by atoms with E-state index in [0.29, 0.717) is 5.92 Å². The summed E-state index contributed by atoms with van der Waals surface area (Å²) in [6, 6.07) is 3.94. The van der Waals surface area contributed by atoms with Crippen LogP contribution in [0, 0.1) is 0 Å². The van der Waals surface area contributed by atoms with Crippen LogP contribution in [0.1, 0.15) is 24.5 Å². The van der Waals surface area contributed by atoms with Crippen LogP contribution in [0.3, 0.4) is 0 Å². The van der Waals surface area contributed by atoms with Gasteiger partial charge in [0, 0.05) is 30.1 Å². The van der Waals surface area contributed by atoms with Gasteiger partial charge in [-0.15, -0.1) is 0 Å². The summed E-state index contributed by atoms with van der Waals surface area (Å²) in [5.74, 6) is 0.593. The summed E-state index contributed by atoms with van der Waals surface area (Å²) < 4.78 is 0.831. The molecule has 0 amide bonds. The highest BCUT2D eigenvalue weighted by Crippen LogP contribution is 2.43. The van der Waals surface area contributed by atoms with E-state index < -0.39 is 0 Å². The molecule has 0 unspecified atom stereocenters. The zero-order valence-corrected chi connectivity index (χ0v) is 10.2. The second-order valence-corrected chi connectivity index (χ2v) is 4.66. The molecule has 1 fully saturated rings. The number of hydrogen-bond donors (Lipinski definition) is 0. The Hall–Kier alpha value is -1.29. The van der Waals surface area contributed by atoms with E-state index in [2.05, 4.69) is 30.9 Å². The van der Waals surface area contributed by atoms with E-state index in [1.165, 1.54) is 12.8 Å². The monoisotopic (exact) mass is 275 g/mol. The van der Waals surface area contributed by atoms with Gasteiger partial charge < -0.3 is 0 Å². The smallest absolute Gasteiger partial charge is 0.115 e. The Kier molecular flexibility index (Phi) is 2.44. The van der Waals surface area contributed by atoms with Crippen LogP contribution in [0.25, 0.3) is 11.3 Å². The Morgan fingerprint density at radius 3 is 2.62 bits per heavy atom. The van der Waals surface area contributed by atoms with E-state index in [1.807, 2.05) is 12.1 Å². The van der Waals surface area contributed by atoms with Crippen molar-refractivity contribution >= 4 is 15.9 Å². The summed E-state index contributed by atoms with van der Waals surface area (Å²) in [6.07, 6.45) is 7.72. The molecule has 0 bridgehead atoms. The van der Waals surface area contributed by atoms with Crippen LogP contribution in [0.2, 0.25) is 0 Å². The van der Waals surface area contributed by atoms with Crippen molar-refractivity contribution in [3.05, 3.63) is 41.0 Å². The third kappa shape index (κ3) is 1.73. The molecule has 0 radical (unpaired) electrons. The Morgan fingerprint density at radius 1 is 1.06 bits per heavy atom. The van der Waals surface area contributed by atoms with E-state index in [-0.39, 0.29) is 0 Å². The molecule has 2 heterocycles. The zero-order valence-electron chi connectivity index (χ0n) is 8.60. The number of nitrogens with zero attached hydrogens (tertiary/aromatic N) is 3. The minimum atomic E-state index is 0.593. The van der Waals surface area contributed by atoms with Gasteiger partial charge in [0.1, 0.15) is 4.60 Å². The van der Waals surface area contributed by atoms with Crippen molar-refractivity contribution in [3.63, 3.8) is 0 Å². The Bertz CT molecular complexity index is 523. The number of hydrogen-bond acceptors (Lipinski definition) is 3. The largest absolute Gasteiger partial charge is 0.257 e.